The zero-order valence-electron chi connectivity index (χ0n) is 27.4. The maximum atomic E-state index is 13.7. The molecule has 270 valence electrons. The van der Waals surface area contributed by atoms with Crippen LogP contribution < -0.4 is 10.6 Å². The van der Waals surface area contributed by atoms with E-state index in [-0.39, 0.29) is 26.4 Å². The number of benzene rings is 2. The molecule has 0 saturated carbocycles. The third-order valence-electron chi connectivity index (χ3n) is 4.72. The van der Waals surface area contributed by atoms with Crippen molar-refractivity contribution in [1.82, 2.24) is 0 Å². The molecule has 0 unspecified atom stereocenters. The molecule has 0 heterocycles. The molecule has 0 saturated heterocycles. The van der Waals surface area contributed by atoms with Crippen molar-refractivity contribution < 1.29 is 40.8 Å². The minimum absolute atomic E-state index is 0.0526. The molecule has 0 amide bonds. The normalized spacial score (nSPS) is 11.0. The maximum absolute atomic E-state index is 13.7. The Morgan fingerprint density at radius 2 is 0.776 bits per heavy atom. The summed E-state index contributed by atoms with van der Waals surface area (Å²) in [6.45, 7) is 24.9. The van der Waals surface area contributed by atoms with Crippen LogP contribution in [0.4, 0.5) is 0 Å². The van der Waals surface area contributed by atoms with Crippen molar-refractivity contribution >= 4 is 70.2 Å². The van der Waals surface area contributed by atoms with E-state index in [9.17, 15) is 9.13 Å². The third-order valence-corrected chi connectivity index (χ3v) is 20.7. The molecule has 0 aliphatic rings. The van der Waals surface area contributed by atoms with Crippen LogP contribution in [0.15, 0.2) is 149 Å². The van der Waals surface area contributed by atoms with Crippen molar-refractivity contribution in [3.63, 3.8) is 0 Å². The predicted molar refractivity (Wildman–Crippen MR) is 213 cm³/mol. The molecule has 16 heteroatoms. The standard InChI is InChI=1S/C18H25O6P3.C9H15O3P.C6H5Cl2P/c1-5-14-21-26(19,22-15-6-2)25(18-12-10-9-11-13-18)27(20,23-16-7-3)24-17-8-4;1-4-7-10-13(11-8-5-2)12-9-6-3;7-9(8)6-4-2-1-3-5-6/h5-13H,1-4,14-17H2;4-6H,1-3,7-9H2;1-5H. The lowest BCUT2D eigenvalue weighted by Crippen LogP contribution is -2.09. The van der Waals surface area contributed by atoms with Crippen LogP contribution in [-0.4, -0.2) is 46.2 Å². The van der Waals surface area contributed by atoms with Crippen LogP contribution in [0.5, 0.6) is 0 Å². The molecule has 49 heavy (non-hydrogen) atoms. The van der Waals surface area contributed by atoms with Crippen LogP contribution in [0.3, 0.4) is 0 Å². The summed E-state index contributed by atoms with van der Waals surface area (Å²) in [5.74, 6) is 0. The van der Waals surface area contributed by atoms with Gasteiger partial charge in [-0.2, -0.15) is 0 Å². The van der Waals surface area contributed by atoms with E-state index < -0.39 is 37.1 Å². The lowest BCUT2D eigenvalue weighted by molar-refractivity contribution is 0.194. The third kappa shape index (κ3) is 21.0. The smallest absolute Gasteiger partial charge is 0.308 e. The highest BCUT2D eigenvalue weighted by Gasteiger charge is 2.52. The average Bonchev–Trinajstić information content (AvgIpc) is 3.12. The number of halogens is 2. The fourth-order valence-corrected chi connectivity index (χ4v) is 17.6. The Hall–Kier alpha value is -1.33. The number of hydrogen-bond acceptors (Lipinski definition) is 9. The van der Waals surface area contributed by atoms with Gasteiger partial charge in [0.25, 0.3) is 0 Å². The molecule has 2 aromatic rings. The molecule has 0 bridgehead atoms. The van der Waals surface area contributed by atoms with E-state index in [2.05, 4.69) is 46.1 Å². The molecule has 0 spiro atoms. The molecule has 2 rings (SSSR count). The molecule has 2 aromatic carbocycles. The van der Waals surface area contributed by atoms with Crippen LogP contribution in [-0.2, 0) is 40.8 Å². The summed E-state index contributed by atoms with van der Waals surface area (Å²) >= 11 is 11.3. The molecule has 0 aromatic heterocycles. The van der Waals surface area contributed by atoms with Gasteiger partial charge in [0, 0.05) is 5.30 Å². The summed E-state index contributed by atoms with van der Waals surface area (Å²) in [6, 6.07) is 18.3. The van der Waals surface area contributed by atoms with E-state index in [1.165, 1.54) is 24.3 Å². The zero-order valence-corrected chi connectivity index (χ0v) is 33.4. The molecular formula is C33H45Cl2O9P5. The summed E-state index contributed by atoms with van der Waals surface area (Å²) in [6.07, 6.45) is 10.7. The van der Waals surface area contributed by atoms with Gasteiger partial charge in [-0.3, -0.25) is 9.13 Å². The summed E-state index contributed by atoms with van der Waals surface area (Å²) in [5.41, 5.74) is 0. The Labute approximate surface area is 305 Å². The minimum Gasteiger partial charge on any atom is -0.308 e. The summed E-state index contributed by atoms with van der Waals surface area (Å²) < 4.78 is 65.1. The van der Waals surface area contributed by atoms with E-state index in [1.54, 1.807) is 48.6 Å². The predicted octanol–water partition coefficient (Wildman–Crippen LogP) is 11.7. The fourth-order valence-electron chi connectivity index (χ4n) is 2.85. The van der Waals surface area contributed by atoms with Gasteiger partial charge in [0.15, 0.2) is 7.30 Å². The van der Waals surface area contributed by atoms with Gasteiger partial charge in [-0.05, 0) is 5.30 Å². The molecule has 0 atom stereocenters. The van der Waals surface area contributed by atoms with Crippen molar-refractivity contribution in [2.24, 2.45) is 0 Å². The first-order valence-electron chi connectivity index (χ1n) is 14.4. The Morgan fingerprint density at radius 3 is 1.02 bits per heavy atom. The van der Waals surface area contributed by atoms with Crippen molar-refractivity contribution in [3.05, 3.63) is 149 Å². The van der Waals surface area contributed by atoms with Gasteiger partial charge >= 0.3 is 23.2 Å². The van der Waals surface area contributed by atoms with Crippen LogP contribution >= 0.6 is 59.6 Å². The van der Waals surface area contributed by atoms with Gasteiger partial charge in [0.05, 0.1) is 46.2 Å². The number of hydrogen-bond donors (Lipinski definition) is 0. The van der Waals surface area contributed by atoms with E-state index in [4.69, 9.17) is 54.1 Å². The minimum atomic E-state index is -3.95. The highest BCUT2D eigenvalue weighted by molar-refractivity contribution is 8.62. The first kappa shape index (κ1) is 47.7. The van der Waals surface area contributed by atoms with Crippen LogP contribution in [0.25, 0.3) is 0 Å². The maximum Gasteiger partial charge on any atom is 0.366 e. The van der Waals surface area contributed by atoms with Crippen molar-refractivity contribution in [2.75, 3.05) is 46.2 Å². The van der Waals surface area contributed by atoms with Gasteiger partial charge < -0.3 is 31.7 Å². The van der Waals surface area contributed by atoms with Crippen LogP contribution in [0.2, 0.25) is 0 Å². The van der Waals surface area contributed by atoms with Gasteiger partial charge in [-0.15, -0.1) is 46.1 Å². The Bertz CT molecular complexity index is 1230. The topological polar surface area (TPSA) is 98.8 Å². The molecule has 0 aliphatic carbocycles. The summed E-state index contributed by atoms with van der Waals surface area (Å²) in [5, 5.41) is 1.51. The van der Waals surface area contributed by atoms with Gasteiger partial charge in [0.2, 0.25) is 0 Å². The first-order valence-corrected chi connectivity index (χ1v) is 24.5. The van der Waals surface area contributed by atoms with Crippen LogP contribution in [0, 0.1) is 0 Å². The monoisotopic (exact) mass is 810 g/mol. The highest BCUT2D eigenvalue weighted by atomic mass is 35.9. The van der Waals surface area contributed by atoms with Gasteiger partial charge in [-0.25, -0.2) is 0 Å². The molecule has 9 nitrogen and oxygen atoms in total. The van der Waals surface area contributed by atoms with Crippen LogP contribution in [0.1, 0.15) is 0 Å². The average molecular weight is 811 g/mol. The second-order valence-corrected chi connectivity index (χ2v) is 23.5. The lowest BCUT2D eigenvalue weighted by atomic mass is 10.4. The van der Waals surface area contributed by atoms with E-state index in [0.717, 1.165) is 5.30 Å². The second kappa shape index (κ2) is 30.3. The van der Waals surface area contributed by atoms with Crippen molar-refractivity contribution in [2.45, 2.75) is 0 Å². The molecule has 0 N–H and O–H groups in total. The summed E-state index contributed by atoms with van der Waals surface area (Å²) in [7, 11) is -11.3. The summed E-state index contributed by atoms with van der Waals surface area (Å²) in [4.78, 5) is 0. The molecular weight excluding hydrogens is 766 g/mol. The Balaban J connectivity index is 0.000000857. The van der Waals surface area contributed by atoms with E-state index >= 15 is 0 Å². The highest BCUT2D eigenvalue weighted by Crippen LogP contribution is 2.94. The van der Waals surface area contributed by atoms with E-state index in [1.807, 2.05) is 30.3 Å². The van der Waals surface area contributed by atoms with E-state index in [0.29, 0.717) is 25.1 Å². The van der Waals surface area contributed by atoms with Crippen molar-refractivity contribution in [3.8, 4) is 0 Å². The quantitative estimate of drug-likeness (QED) is 0.0717. The Kier molecular flexibility index (Phi) is 29.5. The molecule has 0 radical (unpaired) electrons. The fraction of sp³-hybridized carbons (Fsp3) is 0.212. The molecule has 0 fully saturated rings. The first-order chi connectivity index (χ1) is 23.6. The largest absolute Gasteiger partial charge is 0.366 e. The Morgan fingerprint density at radius 1 is 0.490 bits per heavy atom. The van der Waals surface area contributed by atoms with Gasteiger partial charge in [0.1, 0.15) is 6.63 Å². The van der Waals surface area contributed by atoms with Crippen molar-refractivity contribution in [1.29, 1.82) is 0 Å². The lowest BCUT2D eigenvalue weighted by Gasteiger charge is -2.31. The van der Waals surface area contributed by atoms with Gasteiger partial charge in [-0.1, -0.05) is 126 Å². The SMILES string of the molecule is C=CCOP(=O)(OCC=C)P(c1ccccc1)P(=O)(OCC=C)OCC=C.C=CCOP(OCC=C)OCC=C.ClP(Cl)c1ccccc1. The molecule has 0 aliphatic heterocycles. The zero-order chi connectivity index (χ0) is 36.8. The number of rotatable bonds is 25. The second-order valence-electron chi connectivity index (χ2n) is 8.45.